The first-order chi connectivity index (χ1) is 13.0. The molecule has 0 saturated carbocycles. The molecule has 140 valence electrons. The van der Waals surface area contributed by atoms with Gasteiger partial charge < -0.3 is 5.32 Å². The Bertz CT molecular complexity index is 1010. The fraction of sp³-hybridized carbons (Fsp3) is 0.0714. The average molecular weight is 459 g/mol. The second-order valence-corrected chi connectivity index (χ2v) is 6.10. The number of H-pyrrole nitrogens is 1. The van der Waals surface area contributed by atoms with Gasteiger partial charge in [0.15, 0.2) is 11.5 Å². The number of alkyl halides is 1. The van der Waals surface area contributed by atoms with Crippen LogP contribution in [0.3, 0.4) is 0 Å². The van der Waals surface area contributed by atoms with E-state index >= 15 is 0 Å². The first-order valence-electron chi connectivity index (χ1n) is 7.19. The van der Waals surface area contributed by atoms with E-state index in [0.717, 1.165) is 0 Å². The molecule has 10 nitrogen and oxygen atoms in total. The highest BCUT2D eigenvalue weighted by Gasteiger charge is 2.21. The van der Waals surface area contributed by atoms with Crippen molar-refractivity contribution in [3.8, 4) is 0 Å². The molecule has 3 rings (SSSR count). The van der Waals surface area contributed by atoms with Crippen LogP contribution in [0.2, 0.25) is 0 Å². The Hall–Kier alpha value is -2.83. The lowest BCUT2D eigenvalue weighted by Gasteiger charge is -2.05. The van der Waals surface area contributed by atoms with Crippen molar-refractivity contribution in [3.05, 3.63) is 51.6 Å². The minimum Gasteiger partial charge on any atom is -0.302 e. The van der Waals surface area contributed by atoms with Crippen molar-refractivity contribution >= 4 is 50.8 Å². The maximum absolute atomic E-state index is 13.3. The summed E-state index contributed by atoms with van der Waals surface area (Å²) in [5.41, 5.74) is 2.68. The first kappa shape index (κ1) is 18.9. The zero-order valence-electron chi connectivity index (χ0n) is 13.2. The standard InChI is InChI=1S/C14H10BrClFN7O3/c15-8-3-6(1-2-9(8)17)19-12(22-26)11-13(24-27-23-11)20-14(25)7-5-18-21-10(7)4-16/h1-3,5,26H,4H2,(H,18,21)(H,19,22)(H,20,24,25). The van der Waals surface area contributed by atoms with Gasteiger partial charge in [0.25, 0.3) is 5.91 Å². The van der Waals surface area contributed by atoms with Crippen LogP contribution in [-0.4, -0.2) is 37.5 Å². The Kier molecular flexibility index (Phi) is 5.78. The van der Waals surface area contributed by atoms with E-state index in [-0.39, 0.29) is 33.3 Å². The van der Waals surface area contributed by atoms with Crippen molar-refractivity contribution in [2.45, 2.75) is 5.88 Å². The largest absolute Gasteiger partial charge is 0.302 e. The van der Waals surface area contributed by atoms with Gasteiger partial charge in [-0.25, -0.2) is 14.0 Å². The zero-order valence-corrected chi connectivity index (χ0v) is 15.5. The van der Waals surface area contributed by atoms with Crippen molar-refractivity contribution in [2.75, 3.05) is 5.32 Å². The molecule has 0 aliphatic heterocycles. The number of anilines is 1. The van der Waals surface area contributed by atoms with E-state index in [9.17, 15) is 14.4 Å². The number of nitrogens with zero attached hydrogens (tertiary/aromatic N) is 4. The van der Waals surface area contributed by atoms with Crippen molar-refractivity contribution in [2.24, 2.45) is 4.99 Å². The molecule has 4 N–H and O–H groups in total. The first-order valence-corrected chi connectivity index (χ1v) is 8.52. The predicted octanol–water partition coefficient (Wildman–Crippen LogP) is 2.74. The van der Waals surface area contributed by atoms with Gasteiger partial charge in [-0.05, 0) is 44.4 Å². The molecule has 0 bridgehead atoms. The highest BCUT2D eigenvalue weighted by Crippen LogP contribution is 2.23. The van der Waals surface area contributed by atoms with E-state index in [4.69, 9.17) is 11.6 Å². The molecule has 27 heavy (non-hydrogen) atoms. The second kappa shape index (κ2) is 8.24. The van der Waals surface area contributed by atoms with E-state index in [1.807, 2.05) is 5.48 Å². The molecule has 0 radical (unpaired) electrons. The summed E-state index contributed by atoms with van der Waals surface area (Å²) in [6, 6.07) is 3.95. The molecule has 0 fully saturated rings. The Morgan fingerprint density at radius 2 is 2.26 bits per heavy atom. The molecule has 13 heteroatoms. The Morgan fingerprint density at radius 1 is 1.44 bits per heavy atom. The number of carbonyl (C=O) groups excluding carboxylic acids is 1. The highest BCUT2D eigenvalue weighted by molar-refractivity contribution is 9.10. The van der Waals surface area contributed by atoms with Gasteiger partial charge in [0.05, 0.1) is 33.5 Å². The maximum atomic E-state index is 13.3. The summed E-state index contributed by atoms with van der Waals surface area (Å²) < 4.78 is 18.1. The number of amidine groups is 1. The number of hydrogen-bond acceptors (Lipinski definition) is 7. The number of carbonyl (C=O) groups is 1. The van der Waals surface area contributed by atoms with Crippen molar-refractivity contribution in [1.82, 2.24) is 26.0 Å². The molecule has 3 aromatic rings. The smallest absolute Gasteiger partial charge is 0.260 e. The number of amides is 1. The lowest BCUT2D eigenvalue weighted by atomic mass is 10.2. The van der Waals surface area contributed by atoms with Gasteiger partial charge in [-0.2, -0.15) is 5.10 Å². The summed E-state index contributed by atoms with van der Waals surface area (Å²) in [7, 11) is 0. The molecule has 0 atom stereocenters. The quantitative estimate of drug-likeness (QED) is 0.199. The van der Waals surface area contributed by atoms with Gasteiger partial charge in [0.2, 0.25) is 5.82 Å². The van der Waals surface area contributed by atoms with Crippen LogP contribution in [0.1, 0.15) is 21.7 Å². The molecule has 0 spiro atoms. The summed E-state index contributed by atoms with van der Waals surface area (Å²) in [5, 5.41) is 25.4. The average Bonchev–Trinajstić information content (AvgIpc) is 3.31. The minimum absolute atomic E-state index is 0.0526. The van der Waals surface area contributed by atoms with Gasteiger partial charge >= 0.3 is 0 Å². The zero-order chi connectivity index (χ0) is 19.4. The maximum Gasteiger partial charge on any atom is 0.260 e. The molecule has 0 aliphatic rings. The molecular weight excluding hydrogens is 449 g/mol. The lowest BCUT2D eigenvalue weighted by Crippen LogP contribution is -2.23. The summed E-state index contributed by atoms with van der Waals surface area (Å²) in [6.07, 6.45) is 1.30. The molecule has 0 unspecified atom stereocenters. The van der Waals surface area contributed by atoms with Crippen molar-refractivity contribution in [3.63, 3.8) is 0 Å². The van der Waals surface area contributed by atoms with Gasteiger partial charge in [-0.15, -0.1) is 11.6 Å². The Labute approximate surface area is 163 Å². The number of aliphatic imine (C=N–C) groups is 1. The van der Waals surface area contributed by atoms with Crippen molar-refractivity contribution < 1.29 is 19.0 Å². The summed E-state index contributed by atoms with van der Waals surface area (Å²) in [6.45, 7) is 0. The van der Waals surface area contributed by atoms with Crippen LogP contribution in [0.5, 0.6) is 0 Å². The SMILES string of the molecule is O=C(Nc1nonc1C(=Nc1ccc(F)c(Br)c1)NO)c1cn[nH]c1CCl. The van der Waals surface area contributed by atoms with Gasteiger partial charge in [-0.1, -0.05) is 0 Å². The van der Waals surface area contributed by atoms with E-state index in [2.05, 4.69) is 51.4 Å². The third kappa shape index (κ3) is 4.13. The third-order valence-corrected chi connectivity index (χ3v) is 4.17. The summed E-state index contributed by atoms with van der Waals surface area (Å²) in [4.78, 5) is 16.4. The van der Waals surface area contributed by atoms with Crippen LogP contribution < -0.4 is 10.8 Å². The van der Waals surface area contributed by atoms with Crippen LogP contribution in [0.15, 0.2) is 38.5 Å². The number of aromatic amines is 1. The van der Waals surface area contributed by atoms with Crippen LogP contribution in [0, 0.1) is 5.82 Å². The normalized spacial score (nSPS) is 11.5. The number of nitrogens with one attached hydrogen (secondary N) is 3. The number of benzene rings is 1. The predicted molar refractivity (Wildman–Crippen MR) is 95.6 cm³/mol. The van der Waals surface area contributed by atoms with Crippen LogP contribution >= 0.6 is 27.5 Å². The fourth-order valence-corrected chi connectivity index (χ4v) is 2.60. The topological polar surface area (TPSA) is 141 Å². The Morgan fingerprint density at radius 3 is 2.96 bits per heavy atom. The number of hydrogen-bond donors (Lipinski definition) is 4. The molecule has 0 aliphatic carbocycles. The van der Waals surface area contributed by atoms with Crippen LogP contribution in [0.4, 0.5) is 15.9 Å². The molecule has 1 amide bonds. The lowest BCUT2D eigenvalue weighted by molar-refractivity contribution is 0.102. The number of aromatic nitrogens is 4. The van der Waals surface area contributed by atoms with Gasteiger partial charge in [-0.3, -0.25) is 20.6 Å². The van der Waals surface area contributed by atoms with E-state index in [1.54, 1.807) is 0 Å². The second-order valence-electron chi connectivity index (χ2n) is 4.98. The van der Waals surface area contributed by atoms with Gasteiger partial charge in [0.1, 0.15) is 5.82 Å². The van der Waals surface area contributed by atoms with Gasteiger partial charge in [0, 0.05) is 0 Å². The molecule has 0 saturated heterocycles. The minimum atomic E-state index is -0.571. The summed E-state index contributed by atoms with van der Waals surface area (Å²) in [5.74, 6) is -1.29. The van der Waals surface area contributed by atoms with Crippen molar-refractivity contribution in [1.29, 1.82) is 0 Å². The molecule has 2 aromatic heterocycles. The molecular formula is C14H10BrClFN7O3. The van der Waals surface area contributed by atoms with Crippen LogP contribution in [0.25, 0.3) is 0 Å². The fourth-order valence-electron chi connectivity index (χ4n) is 2.03. The Balaban J connectivity index is 1.89. The third-order valence-electron chi connectivity index (χ3n) is 3.29. The number of rotatable bonds is 5. The number of hydroxylamine groups is 1. The van der Waals surface area contributed by atoms with E-state index in [0.29, 0.717) is 11.4 Å². The monoisotopic (exact) mass is 457 g/mol. The molecule has 2 heterocycles. The summed E-state index contributed by atoms with van der Waals surface area (Å²) >= 11 is 8.77. The van der Waals surface area contributed by atoms with Crippen LogP contribution in [-0.2, 0) is 5.88 Å². The molecule has 1 aromatic carbocycles. The number of halogens is 3. The highest BCUT2D eigenvalue weighted by atomic mass is 79.9. The van der Waals surface area contributed by atoms with E-state index < -0.39 is 11.7 Å². The van der Waals surface area contributed by atoms with E-state index in [1.165, 1.54) is 24.4 Å².